The van der Waals surface area contributed by atoms with Gasteiger partial charge in [0.15, 0.2) is 6.19 Å². The number of rotatable bonds is 4. The molecule has 0 heterocycles. The number of carbonyl (C=O) groups excluding carboxylic acids is 2. The van der Waals surface area contributed by atoms with Crippen LogP contribution in [0.25, 0.3) is 0 Å². The van der Waals surface area contributed by atoms with Gasteiger partial charge in [0.25, 0.3) is 0 Å². The Kier molecular flexibility index (Phi) is 5.35. The van der Waals surface area contributed by atoms with Gasteiger partial charge in [-0.1, -0.05) is 0 Å². The maximum Gasteiger partial charge on any atom is 0.306 e. The Hall–Kier alpha value is -1.57. The molecule has 0 saturated carbocycles. The molecule has 0 aromatic carbocycles. The third-order valence-corrected chi connectivity index (χ3v) is 1.06. The van der Waals surface area contributed by atoms with Gasteiger partial charge in [0.2, 0.25) is 5.91 Å². The predicted octanol–water partition coefficient (Wildman–Crippen LogP) is -0.0730. The Bertz CT molecular complexity index is 207. The molecule has 0 rings (SSSR count). The van der Waals surface area contributed by atoms with Gasteiger partial charge < -0.3 is 4.74 Å². The first-order chi connectivity index (χ1) is 5.70. The lowest BCUT2D eigenvalue weighted by Crippen LogP contribution is -2.18. The second kappa shape index (κ2) is 6.16. The van der Waals surface area contributed by atoms with Crippen LogP contribution in [0, 0.1) is 11.5 Å². The smallest absolute Gasteiger partial charge is 0.306 e. The predicted molar refractivity (Wildman–Crippen MR) is 39.6 cm³/mol. The summed E-state index contributed by atoms with van der Waals surface area (Å²) < 4.78 is 4.57. The van der Waals surface area contributed by atoms with Crippen molar-refractivity contribution < 1.29 is 14.3 Å². The Morgan fingerprint density at radius 1 is 1.50 bits per heavy atom. The van der Waals surface area contributed by atoms with E-state index in [2.05, 4.69) is 4.74 Å². The molecule has 0 aromatic rings. The van der Waals surface area contributed by atoms with E-state index >= 15 is 0 Å². The van der Waals surface area contributed by atoms with Crippen LogP contribution in [0.15, 0.2) is 0 Å². The fraction of sp³-hybridized carbons (Fsp3) is 0.571. The van der Waals surface area contributed by atoms with Gasteiger partial charge in [-0.25, -0.2) is 0 Å². The Labute approximate surface area is 70.3 Å². The van der Waals surface area contributed by atoms with Gasteiger partial charge in [0, 0.05) is 6.42 Å². The molecule has 0 aliphatic heterocycles. The Morgan fingerprint density at radius 2 is 2.17 bits per heavy atom. The lowest BCUT2D eigenvalue weighted by molar-refractivity contribution is -0.144. The van der Waals surface area contributed by atoms with Crippen LogP contribution >= 0.6 is 0 Å². The van der Waals surface area contributed by atoms with E-state index in [1.165, 1.54) is 6.19 Å². The summed E-state index contributed by atoms with van der Waals surface area (Å²) in [4.78, 5) is 21.3. The molecule has 0 saturated heterocycles. The van der Waals surface area contributed by atoms with E-state index in [1.807, 2.05) is 5.32 Å². The van der Waals surface area contributed by atoms with Crippen molar-refractivity contribution >= 4 is 11.9 Å². The molecule has 0 atom stereocenters. The highest BCUT2D eigenvalue weighted by atomic mass is 16.5. The van der Waals surface area contributed by atoms with Crippen LogP contribution in [-0.4, -0.2) is 18.5 Å². The van der Waals surface area contributed by atoms with Gasteiger partial charge >= 0.3 is 5.97 Å². The number of esters is 1. The highest BCUT2D eigenvalue weighted by Gasteiger charge is 2.05. The standard InChI is InChI=1S/C7H10N2O3/c1-2-12-7(11)4-3-6(10)9-5-8/h2-4H2,1H3,(H,9,10). The number of hydrogen-bond acceptors (Lipinski definition) is 4. The van der Waals surface area contributed by atoms with Crippen molar-refractivity contribution in [2.75, 3.05) is 6.61 Å². The van der Waals surface area contributed by atoms with Crippen LogP contribution in [0.3, 0.4) is 0 Å². The molecule has 0 bridgehead atoms. The highest BCUT2D eigenvalue weighted by Crippen LogP contribution is 1.91. The third kappa shape index (κ3) is 5.23. The normalized spacial score (nSPS) is 8.33. The average molecular weight is 170 g/mol. The van der Waals surface area contributed by atoms with Crippen LogP contribution in [0.2, 0.25) is 0 Å². The molecular formula is C7H10N2O3. The Morgan fingerprint density at radius 3 is 2.67 bits per heavy atom. The summed E-state index contributed by atoms with van der Waals surface area (Å²) >= 11 is 0. The zero-order valence-electron chi connectivity index (χ0n) is 6.79. The minimum absolute atomic E-state index is 0.00755. The van der Waals surface area contributed by atoms with Crippen LogP contribution in [0.5, 0.6) is 0 Å². The minimum Gasteiger partial charge on any atom is -0.466 e. The van der Waals surface area contributed by atoms with Crippen LogP contribution in [0.1, 0.15) is 19.8 Å². The minimum atomic E-state index is -0.467. The summed E-state index contributed by atoms with van der Waals surface area (Å²) in [6, 6.07) is 0. The SMILES string of the molecule is CCOC(=O)CCC(=O)NC#N. The van der Waals surface area contributed by atoms with Crippen LogP contribution in [-0.2, 0) is 14.3 Å². The van der Waals surface area contributed by atoms with Gasteiger partial charge in [-0.2, -0.15) is 5.26 Å². The number of ether oxygens (including phenoxy) is 1. The summed E-state index contributed by atoms with van der Waals surface area (Å²) in [6.07, 6.45) is 1.48. The van der Waals surface area contributed by atoms with Gasteiger partial charge in [-0.05, 0) is 6.92 Å². The molecule has 0 spiro atoms. The molecule has 0 aliphatic rings. The largest absolute Gasteiger partial charge is 0.466 e. The van der Waals surface area contributed by atoms with Crippen molar-refractivity contribution in [2.24, 2.45) is 0 Å². The molecule has 0 fully saturated rings. The number of nitrogens with zero attached hydrogens (tertiary/aromatic N) is 1. The van der Waals surface area contributed by atoms with E-state index in [4.69, 9.17) is 5.26 Å². The number of hydrogen-bond donors (Lipinski definition) is 1. The second-order valence-corrected chi connectivity index (χ2v) is 1.97. The van der Waals surface area contributed by atoms with Crippen molar-refractivity contribution in [3.63, 3.8) is 0 Å². The van der Waals surface area contributed by atoms with E-state index in [-0.39, 0.29) is 12.8 Å². The third-order valence-electron chi connectivity index (χ3n) is 1.06. The van der Waals surface area contributed by atoms with E-state index in [1.54, 1.807) is 6.92 Å². The summed E-state index contributed by atoms with van der Waals surface area (Å²) in [5, 5.41) is 9.91. The zero-order valence-corrected chi connectivity index (χ0v) is 6.79. The second-order valence-electron chi connectivity index (χ2n) is 1.97. The maximum absolute atomic E-state index is 10.7. The average Bonchev–Trinajstić information content (AvgIpc) is 2.02. The molecule has 5 nitrogen and oxygen atoms in total. The molecule has 0 aromatic heterocycles. The van der Waals surface area contributed by atoms with E-state index < -0.39 is 11.9 Å². The fourth-order valence-electron chi connectivity index (χ4n) is 0.574. The summed E-state index contributed by atoms with van der Waals surface area (Å²) in [5.74, 6) is -0.892. The lowest BCUT2D eigenvalue weighted by Gasteiger charge is -1.99. The highest BCUT2D eigenvalue weighted by molar-refractivity contribution is 5.82. The molecule has 66 valence electrons. The molecule has 5 heteroatoms. The number of carbonyl (C=O) groups is 2. The van der Waals surface area contributed by atoms with Gasteiger partial charge in [0.05, 0.1) is 13.0 Å². The monoisotopic (exact) mass is 170 g/mol. The number of nitrogens with one attached hydrogen (secondary N) is 1. The van der Waals surface area contributed by atoms with Crippen molar-refractivity contribution in [2.45, 2.75) is 19.8 Å². The van der Waals surface area contributed by atoms with Crippen molar-refractivity contribution in [1.82, 2.24) is 5.32 Å². The lowest BCUT2D eigenvalue weighted by atomic mass is 10.3. The summed E-state index contributed by atoms with van der Waals surface area (Å²) in [6.45, 7) is 1.99. The van der Waals surface area contributed by atoms with E-state index in [0.717, 1.165) is 0 Å². The van der Waals surface area contributed by atoms with Crippen LogP contribution in [0.4, 0.5) is 0 Å². The molecular weight excluding hydrogens is 160 g/mol. The molecule has 0 aliphatic carbocycles. The number of nitriles is 1. The van der Waals surface area contributed by atoms with Crippen molar-refractivity contribution in [3.05, 3.63) is 0 Å². The fourth-order valence-corrected chi connectivity index (χ4v) is 0.574. The molecule has 12 heavy (non-hydrogen) atoms. The van der Waals surface area contributed by atoms with Crippen molar-refractivity contribution in [1.29, 1.82) is 5.26 Å². The van der Waals surface area contributed by atoms with E-state index in [0.29, 0.717) is 6.61 Å². The zero-order chi connectivity index (χ0) is 9.40. The van der Waals surface area contributed by atoms with E-state index in [9.17, 15) is 9.59 Å². The first kappa shape index (κ1) is 10.4. The van der Waals surface area contributed by atoms with Gasteiger partial charge in [0.1, 0.15) is 0 Å². The number of amides is 1. The molecule has 0 radical (unpaired) electrons. The quantitative estimate of drug-likeness (QED) is 0.364. The topological polar surface area (TPSA) is 79.2 Å². The Balaban J connectivity index is 3.48. The first-order valence-corrected chi connectivity index (χ1v) is 3.54. The van der Waals surface area contributed by atoms with Crippen LogP contribution < -0.4 is 5.32 Å². The maximum atomic E-state index is 10.7. The van der Waals surface area contributed by atoms with Gasteiger partial charge in [-0.3, -0.25) is 14.9 Å². The molecule has 1 N–H and O–H groups in total. The summed E-state index contributed by atoms with van der Waals surface area (Å²) in [5.41, 5.74) is 0. The molecule has 1 amide bonds. The summed E-state index contributed by atoms with van der Waals surface area (Å²) in [7, 11) is 0. The van der Waals surface area contributed by atoms with Gasteiger partial charge in [-0.15, -0.1) is 0 Å². The van der Waals surface area contributed by atoms with Crippen molar-refractivity contribution in [3.8, 4) is 6.19 Å². The molecule has 0 unspecified atom stereocenters. The first-order valence-electron chi connectivity index (χ1n) is 3.54.